The van der Waals surface area contributed by atoms with Gasteiger partial charge in [0, 0.05) is 30.1 Å². The fourth-order valence-electron chi connectivity index (χ4n) is 3.61. The summed E-state index contributed by atoms with van der Waals surface area (Å²) in [6.07, 6.45) is 0.545. The minimum atomic E-state index is -0.448. The van der Waals surface area contributed by atoms with Gasteiger partial charge >= 0.3 is 0 Å². The van der Waals surface area contributed by atoms with Gasteiger partial charge in [-0.1, -0.05) is 6.92 Å². The third-order valence-corrected chi connectivity index (χ3v) is 5.41. The number of anilines is 2. The molecule has 2 heterocycles. The summed E-state index contributed by atoms with van der Waals surface area (Å²) in [5.74, 6) is 0.107. The number of amides is 1. The minimum absolute atomic E-state index is 0.0187. The summed E-state index contributed by atoms with van der Waals surface area (Å²) < 4.78 is 0. The van der Waals surface area contributed by atoms with Crippen LogP contribution in [0.25, 0.3) is 0 Å². The Balaban J connectivity index is 1.76. The molecule has 2 aliphatic rings. The zero-order chi connectivity index (χ0) is 19.3. The molecular weight excluding hydrogens is 364 g/mol. The Hall–Kier alpha value is -2.84. The van der Waals surface area contributed by atoms with Gasteiger partial charge in [-0.05, 0) is 54.0 Å². The first-order valence-corrected chi connectivity index (χ1v) is 9.10. The third-order valence-electron chi connectivity index (χ3n) is 5.11. The molecule has 1 saturated heterocycles. The highest BCUT2D eigenvalue weighted by Crippen LogP contribution is 2.38. The molecule has 0 radical (unpaired) electrons. The quantitative estimate of drug-likeness (QED) is 0.603. The second kappa shape index (κ2) is 6.40. The summed E-state index contributed by atoms with van der Waals surface area (Å²) in [4.78, 5) is 15.5. The number of aromatic hydroxyl groups is 2. The summed E-state index contributed by atoms with van der Waals surface area (Å²) in [5.41, 5.74) is 10.0. The Morgan fingerprint density at radius 1 is 1.22 bits per heavy atom. The van der Waals surface area contributed by atoms with Crippen molar-refractivity contribution in [2.75, 3.05) is 16.8 Å². The summed E-state index contributed by atoms with van der Waals surface area (Å²) >= 11 is 5.45. The van der Waals surface area contributed by atoms with E-state index in [4.69, 9.17) is 12.2 Å². The molecule has 140 valence electrons. The number of hydrogen-bond donors (Lipinski definition) is 4. The van der Waals surface area contributed by atoms with Crippen LogP contribution in [0.1, 0.15) is 29.8 Å². The van der Waals surface area contributed by atoms with Crippen molar-refractivity contribution in [3.8, 4) is 11.5 Å². The molecule has 4 N–H and O–H groups in total. The number of hydrogen-bond acceptors (Lipinski definition) is 5. The van der Waals surface area contributed by atoms with Gasteiger partial charge in [0.05, 0.1) is 6.42 Å². The third kappa shape index (κ3) is 2.77. The number of phenols is 2. The summed E-state index contributed by atoms with van der Waals surface area (Å²) in [6, 6.07) is 8.88. The number of carbonyl (C=O) groups excluding carboxylic acids is 1. The summed E-state index contributed by atoms with van der Waals surface area (Å²) in [6.45, 7) is 1.94. The molecule has 0 aliphatic carbocycles. The van der Waals surface area contributed by atoms with Crippen molar-refractivity contribution in [2.24, 2.45) is 0 Å². The van der Waals surface area contributed by atoms with Crippen LogP contribution >= 0.6 is 12.2 Å². The maximum atomic E-state index is 12.0. The number of benzene rings is 2. The molecule has 1 atom stereocenters. The van der Waals surface area contributed by atoms with E-state index in [0.29, 0.717) is 23.5 Å². The number of nitrogens with zero attached hydrogens (tertiary/aromatic N) is 2. The normalized spacial score (nSPS) is 18.8. The highest BCUT2D eigenvalue weighted by molar-refractivity contribution is 7.80. The van der Waals surface area contributed by atoms with E-state index in [2.05, 4.69) is 10.9 Å². The molecular formula is C19H20N4O3S. The van der Waals surface area contributed by atoms with Crippen molar-refractivity contribution >= 4 is 34.6 Å². The Kier molecular flexibility index (Phi) is 4.16. The van der Waals surface area contributed by atoms with Crippen LogP contribution in [0.4, 0.5) is 11.4 Å². The monoisotopic (exact) mass is 384 g/mol. The van der Waals surface area contributed by atoms with Crippen molar-refractivity contribution in [3.63, 3.8) is 0 Å². The number of thiocarbonyl (C=S) groups is 1. The van der Waals surface area contributed by atoms with E-state index in [1.165, 1.54) is 6.07 Å². The van der Waals surface area contributed by atoms with Gasteiger partial charge in [0.1, 0.15) is 17.7 Å². The number of phenolic OH excluding ortho intramolecular Hbond substituents is 2. The first kappa shape index (κ1) is 17.6. The van der Waals surface area contributed by atoms with Crippen LogP contribution in [0.2, 0.25) is 0 Å². The second-order valence-corrected chi connectivity index (χ2v) is 7.07. The maximum Gasteiger partial charge on any atom is 0.231 e. The van der Waals surface area contributed by atoms with Crippen molar-refractivity contribution in [1.29, 1.82) is 0 Å². The standard InChI is InChI=1S/C19H20N4O3S/c1-3-10-7-13(16(25)9-15(10)24)18-20-21-19(27)23(18)12-4-5-14-11(6-12)8-17(26)22(14)2/h4-7,9,18,20,24-25H,3,8H2,1-2H3,(H,21,27). The predicted octanol–water partition coefficient (Wildman–Crippen LogP) is 2.08. The molecule has 0 saturated carbocycles. The van der Waals surface area contributed by atoms with Crippen LogP contribution in [-0.2, 0) is 17.6 Å². The Bertz CT molecular complexity index is 962. The lowest BCUT2D eigenvalue weighted by molar-refractivity contribution is -0.117. The van der Waals surface area contributed by atoms with Crippen molar-refractivity contribution < 1.29 is 15.0 Å². The van der Waals surface area contributed by atoms with Crippen molar-refractivity contribution in [3.05, 3.63) is 47.0 Å². The van der Waals surface area contributed by atoms with E-state index in [1.807, 2.05) is 30.0 Å². The molecule has 1 unspecified atom stereocenters. The van der Waals surface area contributed by atoms with Gasteiger partial charge in [0.2, 0.25) is 5.91 Å². The van der Waals surface area contributed by atoms with Gasteiger partial charge < -0.3 is 15.1 Å². The molecule has 27 heavy (non-hydrogen) atoms. The Morgan fingerprint density at radius 3 is 2.74 bits per heavy atom. The largest absolute Gasteiger partial charge is 0.508 e. The van der Waals surface area contributed by atoms with E-state index in [-0.39, 0.29) is 17.4 Å². The molecule has 8 heteroatoms. The lowest BCUT2D eigenvalue weighted by atomic mass is 10.0. The van der Waals surface area contributed by atoms with Crippen LogP contribution in [0.5, 0.6) is 11.5 Å². The molecule has 7 nitrogen and oxygen atoms in total. The van der Waals surface area contributed by atoms with Crippen molar-refractivity contribution in [2.45, 2.75) is 25.9 Å². The van der Waals surface area contributed by atoms with Crippen LogP contribution in [-0.4, -0.2) is 28.3 Å². The molecule has 2 aromatic rings. The SMILES string of the molecule is CCc1cc(C2NNC(=S)N2c2ccc3c(c2)CC(=O)N3C)c(O)cc1O. The molecule has 2 aromatic carbocycles. The Labute approximate surface area is 162 Å². The summed E-state index contributed by atoms with van der Waals surface area (Å²) in [5, 5.41) is 20.8. The number of carbonyl (C=O) groups is 1. The highest BCUT2D eigenvalue weighted by atomic mass is 32.1. The van der Waals surface area contributed by atoms with E-state index in [0.717, 1.165) is 22.5 Å². The van der Waals surface area contributed by atoms with Gasteiger partial charge in [-0.15, -0.1) is 0 Å². The maximum absolute atomic E-state index is 12.0. The van der Waals surface area contributed by atoms with Crippen LogP contribution in [0, 0.1) is 0 Å². The molecule has 0 aromatic heterocycles. The van der Waals surface area contributed by atoms with Gasteiger partial charge in [-0.25, -0.2) is 5.43 Å². The lowest BCUT2D eigenvalue weighted by Crippen LogP contribution is -2.29. The first-order valence-electron chi connectivity index (χ1n) is 8.69. The van der Waals surface area contributed by atoms with E-state index in [9.17, 15) is 15.0 Å². The topological polar surface area (TPSA) is 88.1 Å². The van der Waals surface area contributed by atoms with Crippen LogP contribution < -0.4 is 20.7 Å². The van der Waals surface area contributed by atoms with E-state index >= 15 is 0 Å². The number of aryl methyl sites for hydroxylation is 1. The second-order valence-electron chi connectivity index (χ2n) is 6.68. The fourth-order valence-corrected chi connectivity index (χ4v) is 3.87. The molecule has 1 fully saturated rings. The van der Waals surface area contributed by atoms with Gasteiger partial charge in [-0.2, -0.15) is 0 Å². The molecule has 2 aliphatic heterocycles. The fraction of sp³-hybridized carbons (Fsp3) is 0.263. The van der Waals surface area contributed by atoms with E-state index in [1.54, 1.807) is 18.0 Å². The van der Waals surface area contributed by atoms with Crippen molar-refractivity contribution in [1.82, 2.24) is 10.9 Å². The smallest absolute Gasteiger partial charge is 0.231 e. The number of fused-ring (bicyclic) bond motifs is 1. The average Bonchev–Trinajstić information content (AvgIpc) is 3.15. The zero-order valence-corrected chi connectivity index (χ0v) is 15.8. The number of nitrogens with one attached hydrogen (secondary N) is 2. The highest BCUT2D eigenvalue weighted by Gasteiger charge is 2.34. The van der Waals surface area contributed by atoms with Crippen LogP contribution in [0.15, 0.2) is 30.3 Å². The summed E-state index contributed by atoms with van der Waals surface area (Å²) in [7, 11) is 1.76. The zero-order valence-electron chi connectivity index (χ0n) is 15.0. The minimum Gasteiger partial charge on any atom is -0.508 e. The Morgan fingerprint density at radius 2 is 2.00 bits per heavy atom. The van der Waals surface area contributed by atoms with Gasteiger partial charge in [-0.3, -0.25) is 15.1 Å². The average molecular weight is 384 g/mol. The van der Waals surface area contributed by atoms with E-state index < -0.39 is 6.17 Å². The number of hydrazine groups is 1. The molecule has 1 amide bonds. The van der Waals surface area contributed by atoms with Gasteiger partial charge in [0.15, 0.2) is 5.11 Å². The number of likely N-dealkylation sites (N-methyl/N-ethyl adjacent to an activating group) is 1. The lowest BCUT2D eigenvalue weighted by Gasteiger charge is -2.26. The predicted molar refractivity (Wildman–Crippen MR) is 107 cm³/mol. The molecule has 0 spiro atoms. The first-order chi connectivity index (χ1) is 12.9. The molecule has 0 bridgehead atoms. The van der Waals surface area contributed by atoms with Crippen LogP contribution in [0.3, 0.4) is 0 Å². The van der Waals surface area contributed by atoms with Gasteiger partial charge in [0.25, 0.3) is 0 Å². The molecule has 4 rings (SSSR count). The number of rotatable bonds is 3.